The summed E-state index contributed by atoms with van der Waals surface area (Å²) in [7, 11) is 0. The zero-order valence-corrected chi connectivity index (χ0v) is 16.5. The molecule has 6 nitrogen and oxygen atoms in total. The lowest BCUT2D eigenvalue weighted by Crippen LogP contribution is -2.22. The Balaban J connectivity index is 2.25. The second kappa shape index (κ2) is 10.5. The molecular weight excluding hydrogens is 382 g/mol. The monoisotopic (exact) mass is 401 g/mol. The molecule has 1 aromatic heterocycles. The average Bonchev–Trinajstić information content (AvgIpc) is 3.13. The van der Waals surface area contributed by atoms with Crippen LogP contribution < -0.4 is 5.32 Å². The molecule has 0 radical (unpaired) electrons. The van der Waals surface area contributed by atoms with Crippen LogP contribution in [0, 0.1) is 11.3 Å². The van der Waals surface area contributed by atoms with E-state index in [1.165, 1.54) is 11.3 Å². The summed E-state index contributed by atoms with van der Waals surface area (Å²) < 4.78 is 4.92. The molecule has 27 heavy (non-hydrogen) atoms. The van der Waals surface area contributed by atoms with Gasteiger partial charge in [-0.1, -0.05) is 18.2 Å². The van der Waals surface area contributed by atoms with E-state index in [4.69, 9.17) is 10.00 Å². The molecule has 0 bridgehead atoms. The summed E-state index contributed by atoms with van der Waals surface area (Å²) in [6, 6.07) is 9.51. The topological polar surface area (TPSA) is 92.1 Å². The highest BCUT2D eigenvalue weighted by atomic mass is 32.2. The van der Waals surface area contributed by atoms with E-state index in [0.717, 1.165) is 10.5 Å². The smallest absolute Gasteiger partial charge is 0.359 e. The van der Waals surface area contributed by atoms with Gasteiger partial charge in [0.1, 0.15) is 11.1 Å². The number of rotatable bonds is 9. The highest BCUT2D eigenvalue weighted by Crippen LogP contribution is 2.32. The van der Waals surface area contributed by atoms with Crippen LogP contribution in [0.4, 0.5) is 0 Å². The second-order valence-electron chi connectivity index (χ2n) is 5.35. The van der Waals surface area contributed by atoms with Gasteiger partial charge in [0.15, 0.2) is 12.3 Å². The van der Waals surface area contributed by atoms with Crippen LogP contribution in [0.15, 0.2) is 41.8 Å². The minimum atomic E-state index is -0.652. The summed E-state index contributed by atoms with van der Waals surface area (Å²) >= 11 is 2.94. The van der Waals surface area contributed by atoms with Crippen molar-refractivity contribution in [2.75, 3.05) is 12.9 Å². The van der Waals surface area contributed by atoms with Crippen LogP contribution in [0.25, 0.3) is 10.4 Å². The van der Waals surface area contributed by atoms with Gasteiger partial charge in [-0.05, 0) is 30.4 Å². The van der Waals surface area contributed by atoms with Crippen LogP contribution in [0.5, 0.6) is 0 Å². The molecule has 1 N–H and O–H groups in total. The number of nitrogens with one attached hydrogen (secondary N) is 1. The fourth-order valence-corrected chi connectivity index (χ4v) is 3.58. The summed E-state index contributed by atoms with van der Waals surface area (Å²) in [5.41, 5.74) is 0.987. The number of hydrogen-bond acceptors (Lipinski definition) is 7. The van der Waals surface area contributed by atoms with E-state index in [-0.39, 0.29) is 24.8 Å². The van der Waals surface area contributed by atoms with E-state index < -0.39 is 5.97 Å². The van der Waals surface area contributed by atoms with Gasteiger partial charge >= 0.3 is 5.97 Å². The maximum Gasteiger partial charge on any atom is 0.359 e. The summed E-state index contributed by atoms with van der Waals surface area (Å²) in [4.78, 5) is 30.1. The zero-order valence-electron chi connectivity index (χ0n) is 14.9. The molecular formula is C19H19N3O3S2. The van der Waals surface area contributed by atoms with E-state index in [9.17, 15) is 9.59 Å². The number of hydrogen-bond donors (Lipinski definition) is 1. The van der Waals surface area contributed by atoms with Crippen LogP contribution >= 0.6 is 23.1 Å². The first kappa shape index (κ1) is 20.7. The Morgan fingerprint density at radius 1 is 1.41 bits per heavy atom. The Labute approximate surface area is 166 Å². The lowest BCUT2D eigenvalue weighted by atomic mass is 10.1. The molecule has 1 aromatic carbocycles. The van der Waals surface area contributed by atoms with E-state index in [1.807, 2.05) is 30.5 Å². The van der Waals surface area contributed by atoms with Crippen LogP contribution in [-0.2, 0) is 16.1 Å². The molecule has 0 saturated heterocycles. The lowest BCUT2D eigenvalue weighted by Gasteiger charge is -2.03. The molecule has 0 aliphatic rings. The van der Waals surface area contributed by atoms with Crippen molar-refractivity contribution < 1.29 is 14.3 Å². The first-order chi connectivity index (χ1) is 13.1. The van der Waals surface area contributed by atoms with Crippen molar-refractivity contribution in [3.05, 3.63) is 47.6 Å². The van der Waals surface area contributed by atoms with Crippen molar-refractivity contribution in [2.45, 2.75) is 24.3 Å². The first-order valence-electron chi connectivity index (χ1n) is 8.14. The minimum absolute atomic E-state index is 0.107. The molecule has 0 fully saturated rings. The van der Waals surface area contributed by atoms with Crippen molar-refractivity contribution in [3.8, 4) is 16.5 Å². The zero-order chi connectivity index (χ0) is 19.6. The molecule has 8 heteroatoms. The number of benzene rings is 1. The van der Waals surface area contributed by atoms with Gasteiger partial charge in [-0.2, -0.15) is 5.26 Å². The van der Waals surface area contributed by atoms with Gasteiger partial charge in [-0.3, -0.25) is 4.79 Å². The fourth-order valence-electron chi connectivity index (χ4n) is 2.18. The number of carbonyl (C=O) groups excluding carboxylic acids is 2. The quantitative estimate of drug-likeness (QED) is 0.390. The summed E-state index contributed by atoms with van der Waals surface area (Å²) in [5.74, 6) is -0.759. The number of nitrogens with zero attached hydrogens (tertiary/aromatic N) is 2. The highest BCUT2D eigenvalue weighted by molar-refractivity contribution is 7.98. The SMILES string of the molecule is C=CCCC(=O)NCc1nc(C(=O)OCC#N)c(-c2ccc(SC)cc2)s1. The van der Waals surface area contributed by atoms with Crippen molar-refractivity contribution in [2.24, 2.45) is 0 Å². The molecule has 2 rings (SSSR count). The number of nitriles is 1. The van der Waals surface area contributed by atoms with Crippen molar-refractivity contribution in [1.82, 2.24) is 10.3 Å². The molecule has 0 aliphatic heterocycles. The third kappa shape index (κ3) is 5.94. The molecule has 140 valence electrons. The van der Waals surface area contributed by atoms with Gasteiger partial charge < -0.3 is 10.1 Å². The largest absolute Gasteiger partial charge is 0.446 e. The molecule has 0 saturated carbocycles. The second-order valence-corrected chi connectivity index (χ2v) is 7.32. The maximum atomic E-state index is 12.3. The number of thioether (sulfide) groups is 1. The molecule has 2 aromatic rings. The molecule has 0 spiro atoms. The minimum Gasteiger partial charge on any atom is -0.446 e. The van der Waals surface area contributed by atoms with Crippen LogP contribution in [0.2, 0.25) is 0 Å². The van der Waals surface area contributed by atoms with Crippen molar-refractivity contribution in [3.63, 3.8) is 0 Å². The third-order valence-electron chi connectivity index (χ3n) is 3.50. The first-order valence-corrected chi connectivity index (χ1v) is 10.2. The number of allylic oxidation sites excluding steroid dienone is 1. The summed E-state index contributed by atoms with van der Waals surface area (Å²) in [6.07, 6.45) is 4.62. The van der Waals surface area contributed by atoms with Crippen molar-refractivity contribution in [1.29, 1.82) is 5.26 Å². The van der Waals surface area contributed by atoms with E-state index in [0.29, 0.717) is 22.7 Å². The molecule has 1 heterocycles. The van der Waals surface area contributed by atoms with Crippen LogP contribution in [0.3, 0.4) is 0 Å². The van der Waals surface area contributed by atoms with Crippen molar-refractivity contribution >= 4 is 35.0 Å². The number of aromatic nitrogens is 1. The third-order valence-corrected chi connectivity index (χ3v) is 5.35. The normalized spacial score (nSPS) is 10.1. The van der Waals surface area contributed by atoms with E-state index in [1.54, 1.807) is 23.9 Å². The molecule has 1 amide bonds. The van der Waals surface area contributed by atoms with E-state index in [2.05, 4.69) is 16.9 Å². The number of thiazole rings is 1. The standard InChI is InChI=1S/C19H19N3O3S2/c1-3-4-5-15(23)21-12-16-22-17(19(24)25-11-10-20)18(27-16)13-6-8-14(26-2)9-7-13/h3,6-9H,1,4-5,11-12H2,2H3,(H,21,23). The van der Waals surface area contributed by atoms with E-state index >= 15 is 0 Å². The van der Waals surface area contributed by atoms with Gasteiger partial charge in [0.25, 0.3) is 0 Å². The molecule has 0 aliphatic carbocycles. The Kier molecular flexibility index (Phi) is 8.04. The fraction of sp³-hybridized carbons (Fsp3) is 0.263. The molecule has 0 unspecified atom stereocenters. The van der Waals surface area contributed by atoms with Gasteiger partial charge in [-0.15, -0.1) is 29.7 Å². The number of ether oxygens (including phenoxy) is 1. The number of amides is 1. The predicted octanol–water partition coefficient (Wildman–Crippen LogP) is 3.79. The van der Waals surface area contributed by atoms with Crippen LogP contribution in [-0.4, -0.2) is 29.7 Å². The summed E-state index contributed by atoms with van der Waals surface area (Å²) in [6.45, 7) is 3.48. The number of carbonyl (C=O) groups is 2. The van der Waals surface area contributed by atoms with Gasteiger partial charge in [0.2, 0.25) is 5.91 Å². The highest BCUT2D eigenvalue weighted by Gasteiger charge is 2.21. The average molecular weight is 402 g/mol. The van der Waals surface area contributed by atoms with Gasteiger partial charge in [-0.25, -0.2) is 9.78 Å². The Morgan fingerprint density at radius 3 is 2.78 bits per heavy atom. The van der Waals surface area contributed by atoms with Gasteiger partial charge in [0.05, 0.1) is 11.4 Å². The number of esters is 1. The Hall–Kier alpha value is -2.63. The lowest BCUT2D eigenvalue weighted by molar-refractivity contribution is -0.121. The Morgan fingerprint density at radius 2 is 2.15 bits per heavy atom. The molecule has 0 atom stereocenters. The van der Waals surface area contributed by atoms with Crippen LogP contribution in [0.1, 0.15) is 28.3 Å². The predicted molar refractivity (Wildman–Crippen MR) is 107 cm³/mol. The summed E-state index contributed by atoms with van der Waals surface area (Å²) in [5, 5.41) is 12.0. The van der Waals surface area contributed by atoms with Gasteiger partial charge in [0, 0.05) is 11.3 Å². The maximum absolute atomic E-state index is 12.3. The Bertz CT molecular complexity index is 854.